The average molecular weight is 248 g/mol. The van der Waals surface area contributed by atoms with Crippen LogP contribution in [0.1, 0.15) is 24.1 Å². The second-order valence-corrected chi connectivity index (χ2v) is 4.50. The second-order valence-electron chi connectivity index (χ2n) is 4.50. The molecule has 0 fully saturated rings. The Morgan fingerprint density at radius 1 is 1.28 bits per heavy atom. The predicted molar refractivity (Wildman–Crippen MR) is 63.7 cm³/mol. The van der Waals surface area contributed by atoms with E-state index >= 15 is 0 Å². The van der Waals surface area contributed by atoms with Crippen molar-refractivity contribution in [2.45, 2.75) is 33.5 Å². The summed E-state index contributed by atoms with van der Waals surface area (Å²) in [6.07, 6.45) is 0. The van der Waals surface area contributed by atoms with Crippen LogP contribution in [0.2, 0.25) is 0 Å². The summed E-state index contributed by atoms with van der Waals surface area (Å²) in [6, 6.07) is 0. The Kier molecular flexibility index (Phi) is 2.46. The Labute approximate surface area is 105 Å². The summed E-state index contributed by atoms with van der Waals surface area (Å²) in [4.78, 5) is 8.97. The Balaban J connectivity index is 2.11. The fourth-order valence-corrected chi connectivity index (χ4v) is 2.31. The third-order valence-electron chi connectivity index (χ3n) is 3.32. The molecule has 0 atom stereocenters. The van der Waals surface area contributed by atoms with E-state index in [0.29, 0.717) is 18.9 Å². The number of aromatic nitrogens is 5. The summed E-state index contributed by atoms with van der Waals surface area (Å²) in [5.41, 5.74) is 1.97. The van der Waals surface area contributed by atoms with Crippen molar-refractivity contribution in [3.63, 3.8) is 0 Å². The molecule has 3 heterocycles. The molecule has 0 unspecified atom stereocenters. The standard InChI is InChI=1S/C11H16N6O/c1-4-17-9-6-16(18)5-8(9)13-11(17)10-12-7(2)15(3)14-10/h18H,4-6H2,1-3H3. The first-order valence-electron chi connectivity index (χ1n) is 6.00. The van der Waals surface area contributed by atoms with Crippen molar-refractivity contribution < 1.29 is 5.21 Å². The molecule has 18 heavy (non-hydrogen) atoms. The largest absolute Gasteiger partial charge is 0.324 e. The molecule has 0 amide bonds. The molecule has 0 aromatic carbocycles. The van der Waals surface area contributed by atoms with E-state index in [-0.39, 0.29) is 0 Å². The minimum absolute atomic E-state index is 0.473. The van der Waals surface area contributed by atoms with Gasteiger partial charge in [0.15, 0.2) is 5.82 Å². The summed E-state index contributed by atoms with van der Waals surface area (Å²) >= 11 is 0. The Bertz CT molecular complexity index is 579. The van der Waals surface area contributed by atoms with Gasteiger partial charge in [0.25, 0.3) is 0 Å². The van der Waals surface area contributed by atoms with Gasteiger partial charge in [-0.3, -0.25) is 4.68 Å². The number of hydroxylamine groups is 2. The monoisotopic (exact) mass is 248 g/mol. The molecule has 0 spiro atoms. The number of imidazole rings is 1. The average Bonchev–Trinajstić information content (AvgIpc) is 2.92. The lowest BCUT2D eigenvalue weighted by Crippen LogP contribution is -2.13. The summed E-state index contributed by atoms with van der Waals surface area (Å²) in [5.74, 6) is 2.30. The topological polar surface area (TPSA) is 72.0 Å². The lowest BCUT2D eigenvalue weighted by atomic mass is 10.4. The van der Waals surface area contributed by atoms with E-state index in [0.717, 1.165) is 29.6 Å². The highest BCUT2D eigenvalue weighted by atomic mass is 16.5. The smallest absolute Gasteiger partial charge is 0.217 e. The van der Waals surface area contributed by atoms with Crippen LogP contribution < -0.4 is 0 Å². The van der Waals surface area contributed by atoms with Gasteiger partial charge in [0.2, 0.25) is 5.82 Å². The molecule has 0 saturated heterocycles. The van der Waals surface area contributed by atoms with Crippen LogP contribution in [0.25, 0.3) is 11.6 Å². The van der Waals surface area contributed by atoms with Gasteiger partial charge in [0.1, 0.15) is 5.82 Å². The van der Waals surface area contributed by atoms with Gasteiger partial charge in [-0.15, -0.1) is 5.10 Å². The van der Waals surface area contributed by atoms with Crippen LogP contribution in [0.3, 0.4) is 0 Å². The maximum Gasteiger partial charge on any atom is 0.217 e. The van der Waals surface area contributed by atoms with Crippen LogP contribution in [0.4, 0.5) is 0 Å². The van der Waals surface area contributed by atoms with Crippen molar-refractivity contribution in [2.24, 2.45) is 7.05 Å². The third-order valence-corrected chi connectivity index (χ3v) is 3.32. The molecule has 7 heteroatoms. The van der Waals surface area contributed by atoms with Crippen molar-refractivity contribution in [1.29, 1.82) is 0 Å². The molecule has 7 nitrogen and oxygen atoms in total. The van der Waals surface area contributed by atoms with Crippen molar-refractivity contribution in [1.82, 2.24) is 29.4 Å². The molecule has 2 aromatic heterocycles. The van der Waals surface area contributed by atoms with Crippen LogP contribution in [0, 0.1) is 6.92 Å². The predicted octanol–water partition coefficient (Wildman–Crippen LogP) is 0.712. The zero-order valence-electron chi connectivity index (χ0n) is 10.8. The van der Waals surface area contributed by atoms with Crippen LogP contribution >= 0.6 is 0 Å². The van der Waals surface area contributed by atoms with E-state index < -0.39 is 0 Å². The Morgan fingerprint density at radius 2 is 2.06 bits per heavy atom. The first kappa shape index (κ1) is 11.4. The number of hydrogen-bond donors (Lipinski definition) is 1. The summed E-state index contributed by atoms with van der Waals surface area (Å²) < 4.78 is 3.81. The molecule has 0 bridgehead atoms. The lowest BCUT2D eigenvalue weighted by molar-refractivity contribution is -0.0985. The van der Waals surface area contributed by atoms with Gasteiger partial charge in [0, 0.05) is 13.6 Å². The second kappa shape index (κ2) is 3.89. The summed E-state index contributed by atoms with van der Waals surface area (Å²) in [7, 11) is 1.87. The maximum atomic E-state index is 9.51. The molecule has 1 aliphatic heterocycles. The van der Waals surface area contributed by atoms with Gasteiger partial charge in [-0.25, -0.2) is 9.97 Å². The normalized spacial score (nSPS) is 15.3. The number of fused-ring (bicyclic) bond motifs is 1. The number of aryl methyl sites for hydroxylation is 2. The van der Waals surface area contributed by atoms with Gasteiger partial charge < -0.3 is 9.77 Å². The first-order valence-corrected chi connectivity index (χ1v) is 6.00. The molecule has 0 saturated carbocycles. The first-order chi connectivity index (χ1) is 8.60. The van der Waals surface area contributed by atoms with Gasteiger partial charge in [-0.1, -0.05) is 0 Å². The number of nitrogens with zero attached hydrogens (tertiary/aromatic N) is 6. The van der Waals surface area contributed by atoms with Crippen molar-refractivity contribution in [2.75, 3.05) is 0 Å². The van der Waals surface area contributed by atoms with E-state index in [2.05, 4.69) is 26.6 Å². The maximum absolute atomic E-state index is 9.51. The van der Waals surface area contributed by atoms with Gasteiger partial charge in [-0.05, 0) is 13.8 Å². The van der Waals surface area contributed by atoms with E-state index in [1.165, 1.54) is 5.06 Å². The van der Waals surface area contributed by atoms with E-state index in [1.54, 1.807) is 4.68 Å². The highest BCUT2D eigenvalue weighted by molar-refractivity contribution is 5.47. The van der Waals surface area contributed by atoms with Gasteiger partial charge in [-0.2, -0.15) is 5.06 Å². The van der Waals surface area contributed by atoms with E-state index in [1.807, 2.05) is 14.0 Å². The van der Waals surface area contributed by atoms with Gasteiger partial charge >= 0.3 is 0 Å². The zero-order valence-corrected chi connectivity index (χ0v) is 10.8. The number of rotatable bonds is 2. The zero-order chi connectivity index (χ0) is 12.9. The fraction of sp³-hybridized carbons (Fsp3) is 0.545. The van der Waals surface area contributed by atoms with Crippen LogP contribution in [0.15, 0.2) is 0 Å². The lowest BCUT2D eigenvalue weighted by Gasteiger charge is -2.08. The number of hydrogen-bond acceptors (Lipinski definition) is 5. The minimum atomic E-state index is 0.473. The Morgan fingerprint density at radius 3 is 2.67 bits per heavy atom. The summed E-state index contributed by atoms with van der Waals surface area (Å²) in [5, 5.41) is 15.1. The molecule has 1 aliphatic rings. The van der Waals surface area contributed by atoms with Crippen LogP contribution in [-0.2, 0) is 26.7 Å². The van der Waals surface area contributed by atoms with E-state index in [4.69, 9.17) is 0 Å². The SMILES string of the molecule is CCn1c(-c2nc(C)n(C)n2)nc2c1CN(O)C2. The molecular formula is C11H16N6O. The molecule has 0 aliphatic carbocycles. The highest BCUT2D eigenvalue weighted by Crippen LogP contribution is 2.26. The molecule has 2 aromatic rings. The third kappa shape index (κ3) is 1.55. The quantitative estimate of drug-likeness (QED) is 0.847. The molecule has 0 radical (unpaired) electrons. The molecule has 3 rings (SSSR count). The highest BCUT2D eigenvalue weighted by Gasteiger charge is 2.27. The molecule has 96 valence electrons. The molecular weight excluding hydrogens is 232 g/mol. The Hall–Kier alpha value is -1.73. The van der Waals surface area contributed by atoms with Crippen molar-refractivity contribution in [3.8, 4) is 11.6 Å². The minimum Gasteiger partial charge on any atom is -0.324 e. The van der Waals surface area contributed by atoms with Crippen molar-refractivity contribution in [3.05, 3.63) is 17.2 Å². The van der Waals surface area contributed by atoms with Crippen molar-refractivity contribution >= 4 is 0 Å². The fourth-order valence-electron chi connectivity index (χ4n) is 2.31. The van der Waals surface area contributed by atoms with Gasteiger partial charge in [0.05, 0.1) is 24.5 Å². The summed E-state index contributed by atoms with van der Waals surface area (Å²) in [6.45, 7) is 5.76. The van der Waals surface area contributed by atoms with Crippen LogP contribution in [-0.4, -0.2) is 34.6 Å². The molecule has 1 N–H and O–H groups in total. The van der Waals surface area contributed by atoms with E-state index in [9.17, 15) is 5.21 Å². The van der Waals surface area contributed by atoms with Crippen LogP contribution in [0.5, 0.6) is 0 Å².